The molecule has 0 saturated carbocycles. The van der Waals surface area contributed by atoms with Crippen molar-refractivity contribution >= 4 is 29.4 Å². The van der Waals surface area contributed by atoms with Crippen molar-refractivity contribution in [3.63, 3.8) is 0 Å². The average molecular weight is 307 g/mol. The Hall–Kier alpha value is -2.40. The molecule has 0 fully saturated rings. The predicted octanol–water partition coefficient (Wildman–Crippen LogP) is 3.47. The number of halogens is 2. The number of carbonyl (C=O) groups excluding carboxylic acids is 1. The van der Waals surface area contributed by atoms with E-state index in [9.17, 15) is 9.18 Å². The van der Waals surface area contributed by atoms with Crippen molar-refractivity contribution in [2.75, 3.05) is 11.9 Å². The van der Waals surface area contributed by atoms with E-state index in [1.165, 1.54) is 18.3 Å². The molecule has 1 N–H and O–H groups in total. The molecule has 21 heavy (non-hydrogen) atoms. The minimum Gasteiger partial charge on any atom is -0.386 e. The third-order valence-corrected chi connectivity index (χ3v) is 2.80. The average Bonchev–Trinajstić information content (AvgIpc) is 2.46. The Morgan fingerprint density at radius 1 is 1.29 bits per heavy atom. The van der Waals surface area contributed by atoms with E-state index in [1.807, 2.05) is 0 Å². The molecule has 2 aromatic carbocycles. The fraction of sp³-hybridized carbons (Fsp3) is 0.0667. The molecule has 4 nitrogen and oxygen atoms in total. The van der Waals surface area contributed by atoms with Crippen LogP contribution < -0.4 is 5.32 Å². The van der Waals surface area contributed by atoms with Gasteiger partial charge in [0, 0.05) is 0 Å². The van der Waals surface area contributed by atoms with E-state index in [0.717, 1.165) is 0 Å². The van der Waals surface area contributed by atoms with Crippen molar-refractivity contribution in [1.29, 1.82) is 0 Å². The van der Waals surface area contributed by atoms with Crippen LogP contribution in [0.25, 0.3) is 0 Å². The highest BCUT2D eigenvalue weighted by Crippen LogP contribution is 2.20. The number of benzene rings is 2. The summed E-state index contributed by atoms with van der Waals surface area (Å²) in [5, 5.41) is 6.63. The summed E-state index contributed by atoms with van der Waals surface area (Å²) in [5.74, 6) is -0.755. The van der Waals surface area contributed by atoms with Gasteiger partial charge in [-0.25, -0.2) is 4.39 Å². The van der Waals surface area contributed by atoms with Gasteiger partial charge in [-0.2, -0.15) is 0 Å². The molecule has 0 radical (unpaired) electrons. The molecule has 2 rings (SSSR count). The van der Waals surface area contributed by atoms with Gasteiger partial charge in [0.25, 0.3) is 5.91 Å². The van der Waals surface area contributed by atoms with Crippen LogP contribution in [0, 0.1) is 5.82 Å². The molecule has 1 amide bonds. The van der Waals surface area contributed by atoms with Crippen LogP contribution in [0.4, 0.5) is 10.1 Å². The number of oxime groups is 1. The molecule has 0 unspecified atom stereocenters. The van der Waals surface area contributed by atoms with Crippen molar-refractivity contribution in [1.82, 2.24) is 0 Å². The van der Waals surface area contributed by atoms with Crippen LogP contribution in [-0.4, -0.2) is 18.7 Å². The lowest BCUT2D eigenvalue weighted by atomic mass is 10.2. The first kappa shape index (κ1) is 15.0. The van der Waals surface area contributed by atoms with E-state index in [4.69, 9.17) is 16.4 Å². The smallest absolute Gasteiger partial charge is 0.265 e. The van der Waals surface area contributed by atoms with Gasteiger partial charge in [0.2, 0.25) is 0 Å². The summed E-state index contributed by atoms with van der Waals surface area (Å²) in [4.78, 5) is 16.4. The number of carbonyl (C=O) groups is 1. The van der Waals surface area contributed by atoms with Crippen LogP contribution in [0.1, 0.15) is 5.56 Å². The summed E-state index contributed by atoms with van der Waals surface area (Å²) in [6, 6.07) is 12.7. The fourth-order valence-electron chi connectivity index (χ4n) is 1.53. The van der Waals surface area contributed by atoms with Crippen molar-refractivity contribution in [3.05, 3.63) is 64.9 Å². The normalized spacial score (nSPS) is 10.6. The molecular weight excluding hydrogens is 295 g/mol. The fourth-order valence-corrected chi connectivity index (χ4v) is 1.71. The number of nitrogens with one attached hydrogen (secondary N) is 1. The molecule has 0 aliphatic heterocycles. The van der Waals surface area contributed by atoms with E-state index < -0.39 is 0 Å². The Labute approximate surface area is 126 Å². The van der Waals surface area contributed by atoms with Crippen LogP contribution >= 0.6 is 11.6 Å². The molecule has 0 bridgehead atoms. The van der Waals surface area contributed by atoms with Crippen LogP contribution in [0.3, 0.4) is 0 Å². The number of anilines is 1. The Morgan fingerprint density at radius 2 is 2.10 bits per heavy atom. The number of para-hydroxylation sites is 1. The SMILES string of the molecule is O=C(CO/N=C/c1cccc(F)c1)Nc1ccccc1Cl. The quantitative estimate of drug-likeness (QED) is 0.679. The van der Waals surface area contributed by atoms with Gasteiger partial charge in [-0.3, -0.25) is 4.79 Å². The van der Waals surface area contributed by atoms with Crippen molar-refractivity contribution in [2.24, 2.45) is 5.16 Å². The summed E-state index contributed by atoms with van der Waals surface area (Å²) in [5.41, 5.74) is 1.04. The molecule has 0 aliphatic carbocycles. The summed E-state index contributed by atoms with van der Waals surface area (Å²) in [7, 11) is 0. The number of nitrogens with zero attached hydrogens (tertiary/aromatic N) is 1. The number of hydrogen-bond acceptors (Lipinski definition) is 3. The zero-order valence-electron chi connectivity index (χ0n) is 10.9. The number of rotatable bonds is 5. The van der Waals surface area contributed by atoms with Gasteiger partial charge in [-0.1, -0.05) is 41.0 Å². The topological polar surface area (TPSA) is 50.7 Å². The Balaban J connectivity index is 1.81. The second-order valence-electron chi connectivity index (χ2n) is 4.09. The van der Waals surface area contributed by atoms with Gasteiger partial charge in [0.1, 0.15) is 5.82 Å². The van der Waals surface area contributed by atoms with E-state index in [-0.39, 0.29) is 18.3 Å². The highest BCUT2D eigenvalue weighted by atomic mass is 35.5. The maximum Gasteiger partial charge on any atom is 0.265 e. The molecule has 0 aliphatic rings. The molecule has 0 spiro atoms. The van der Waals surface area contributed by atoms with Crippen molar-refractivity contribution < 1.29 is 14.0 Å². The number of amides is 1. The van der Waals surface area contributed by atoms with Crippen LogP contribution in [0.15, 0.2) is 53.7 Å². The maximum atomic E-state index is 12.9. The standard InChI is InChI=1S/C15H12ClFN2O2/c16-13-6-1-2-7-14(13)19-15(20)10-21-18-9-11-4-3-5-12(17)8-11/h1-9H,10H2,(H,19,20)/b18-9+. The minimum atomic E-state index is -0.389. The van der Waals surface area contributed by atoms with Crippen molar-refractivity contribution in [2.45, 2.75) is 0 Å². The molecule has 0 atom stereocenters. The van der Waals surface area contributed by atoms with Gasteiger partial charge in [0.05, 0.1) is 16.9 Å². The highest BCUT2D eigenvalue weighted by Gasteiger charge is 2.05. The first-order chi connectivity index (χ1) is 10.1. The highest BCUT2D eigenvalue weighted by molar-refractivity contribution is 6.33. The largest absolute Gasteiger partial charge is 0.386 e. The van der Waals surface area contributed by atoms with E-state index in [2.05, 4.69) is 10.5 Å². The lowest BCUT2D eigenvalue weighted by Gasteiger charge is -2.05. The van der Waals surface area contributed by atoms with Gasteiger partial charge < -0.3 is 10.2 Å². The molecule has 2 aromatic rings. The predicted molar refractivity (Wildman–Crippen MR) is 80.0 cm³/mol. The van der Waals surface area contributed by atoms with E-state index in [0.29, 0.717) is 16.3 Å². The lowest BCUT2D eigenvalue weighted by molar-refractivity contribution is -0.120. The summed E-state index contributed by atoms with van der Waals surface area (Å²) in [6.45, 7) is -0.267. The second kappa shape index (κ2) is 7.40. The van der Waals surface area contributed by atoms with Gasteiger partial charge in [-0.05, 0) is 29.8 Å². The first-order valence-corrected chi connectivity index (χ1v) is 6.48. The maximum absolute atomic E-state index is 12.9. The number of hydrogen-bond donors (Lipinski definition) is 1. The van der Waals surface area contributed by atoms with Crippen LogP contribution in [-0.2, 0) is 9.63 Å². The van der Waals surface area contributed by atoms with E-state index in [1.54, 1.807) is 36.4 Å². The minimum absolute atomic E-state index is 0.267. The van der Waals surface area contributed by atoms with Gasteiger partial charge in [0.15, 0.2) is 6.61 Å². The van der Waals surface area contributed by atoms with Crippen molar-refractivity contribution in [3.8, 4) is 0 Å². The summed E-state index contributed by atoms with van der Waals surface area (Å²) in [6.07, 6.45) is 1.33. The Kier molecular flexibility index (Phi) is 5.29. The summed E-state index contributed by atoms with van der Waals surface area (Å²) < 4.78 is 12.9. The zero-order valence-corrected chi connectivity index (χ0v) is 11.7. The molecule has 0 saturated heterocycles. The molecule has 0 aromatic heterocycles. The second-order valence-corrected chi connectivity index (χ2v) is 4.50. The van der Waals surface area contributed by atoms with Gasteiger partial charge in [-0.15, -0.1) is 0 Å². The third kappa shape index (κ3) is 4.89. The molecule has 0 heterocycles. The molecule has 108 valence electrons. The van der Waals surface area contributed by atoms with Crippen LogP contribution in [0.5, 0.6) is 0 Å². The Morgan fingerprint density at radius 3 is 2.86 bits per heavy atom. The molecular formula is C15H12ClFN2O2. The van der Waals surface area contributed by atoms with Gasteiger partial charge >= 0.3 is 0 Å². The van der Waals surface area contributed by atoms with Crippen LogP contribution in [0.2, 0.25) is 5.02 Å². The van der Waals surface area contributed by atoms with E-state index >= 15 is 0 Å². The Bertz CT molecular complexity index is 662. The first-order valence-electron chi connectivity index (χ1n) is 6.10. The monoisotopic (exact) mass is 306 g/mol. The summed E-state index contributed by atoms with van der Waals surface area (Å²) >= 11 is 5.90. The lowest BCUT2D eigenvalue weighted by Crippen LogP contribution is -2.17. The third-order valence-electron chi connectivity index (χ3n) is 2.47. The molecule has 6 heteroatoms. The zero-order chi connectivity index (χ0) is 15.1.